The fraction of sp³-hybridized carbons (Fsp3) is 0.348. The third kappa shape index (κ3) is 6.17. The summed E-state index contributed by atoms with van der Waals surface area (Å²) in [6.07, 6.45) is 0. The number of benzene rings is 2. The number of carbonyl (C=O) groups is 3. The number of hydrogen-bond donors (Lipinski definition) is 2. The summed E-state index contributed by atoms with van der Waals surface area (Å²) in [5.74, 6) is -2.27. The Hall–Kier alpha value is -3.24. The molecule has 0 radical (unpaired) electrons. The summed E-state index contributed by atoms with van der Waals surface area (Å²) in [5.41, 5.74) is 2.93. The number of ether oxygens (including phenoxy) is 2. The van der Waals surface area contributed by atoms with Gasteiger partial charge in [-0.1, -0.05) is 18.2 Å². The molecule has 10 heteroatoms. The number of hydrogen-bond acceptors (Lipinski definition) is 7. The Morgan fingerprint density at radius 3 is 2.15 bits per heavy atom. The first-order valence-corrected chi connectivity index (χ1v) is 11.6. The standard InChI is InChI=1S/C23H28N2O7S/c1-13-11-14(2)16(4)21(15(13)3)33(29,30)25-17(5)23(28)32-12-20(26)24-22(27)18-9-7-8-10-19(18)31-6/h7-11,17,25H,12H2,1-6H3,(H,24,26,27)/t17-/m0/s1. The molecule has 0 fully saturated rings. The predicted molar refractivity (Wildman–Crippen MR) is 122 cm³/mol. The van der Waals surface area contributed by atoms with Crippen LogP contribution in [-0.2, 0) is 24.3 Å². The molecule has 0 aromatic heterocycles. The quantitative estimate of drug-likeness (QED) is 0.559. The fourth-order valence-corrected chi connectivity index (χ4v) is 5.06. The summed E-state index contributed by atoms with van der Waals surface area (Å²) in [6, 6.07) is 6.95. The van der Waals surface area contributed by atoms with Gasteiger partial charge in [-0.25, -0.2) is 8.42 Å². The monoisotopic (exact) mass is 476 g/mol. The Balaban J connectivity index is 2.01. The highest BCUT2D eigenvalue weighted by molar-refractivity contribution is 7.89. The van der Waals surface area contributed by atoms with E-state index in [4.69, 9.17) is 9.47 Å². The number of amides is 2. The van der Waals surface area contributed by atoms with Gasteiger partial charge in [0.15, 0.2) is 6.61 Å². The molecule has 9 nitrogen and oxygen atoms in total. The highest BCUT2D eigenvalue weighted by atomic mass is 32.2. The molecule has 2 amide bonds. The normalized spacial score (nSPS) is 12.1. The van der Waals surface area contributed by atoms with Crippen LogP contribution >= 0.6 is 0 Å². The third-order valence-corrected chi connectivity index (χ3v) is 7.02. The van der Waals surface area contributed by atoms with Gasteiger partial charge in [0.1, 0.15) is 11.8 Å². The van der Waals surface area contributed by atoms with Gasteiger partial charge in [0.25, 0.3) is 11.8 Å². The van der Waals surface area contributed by atoms with E-state index in [9.17, 15) is 22.8 Å². The molecule has 178 valence electrons. The summed E-state index contributed by atoms with van der Waals surface area (Å²) < 4.78 is 38.1. The smallest absolute Gasteiger partial charge is 0.324 e. The number of carbonyl (C=O) groups excluding carboxylic acids is 3. The van der Waals surface area contributed by atoms with Crippen molar-refractivity contribution in [2.24, 2.45) is 0 Å². The lowest BCUT2D eigenvalue weighted by Crippen LogP contribution is -2.42. The van der Waals surface area contributed by atoms with Gasteiger partial charge >= 0.3 is 5.97 Å². The molecule has 0 aliphatic heterocycles. The lowest BCUT2D eigenvalue weighted by molar-refractivity contribution is -0.149. The molecule has 2 rings (SSSR count). The van der Waals surface area contributed by atoms with Crippen molar-refractivity contribution in [3.8, 4) is 5.75 Å². The van der Waals surface area contributed by atoms with E-state index in [1.807, 2.05) is 19.9 Å². The number of sulfonamides is 1. The highest BCUT2D eigenvalue weighted by Gasteiger charge is 2.27. The fourth-order valence-electron chi connectivity index (χ4n) is 3.25. The van der Waals surface area contributed by atoms with E-state index in [2.05, 4.69) is 10.0 Å². The molecule has 0 unspecified atom stereocenters. The largest absolute Gasteiger partial charge is 0.496 e. The van der Waals surface area contributed by atoms with Crippen LogP contribution < -0.4 is 14.8 Å². The van der Waals surface area contributed by atoms with Crippen molar-refractivity contribution in [3.05, 3.63) is 58.1 Å². The summed E-state index contributed by atoms with van der Waals surface area (Å²) >= 11 is 0. The predicted octanol–water partition coefficient (Wildman–Crippen LogP) is 2.10. The molecule has 2 aromatic rings. The van der Waals surface area contributed by atoms with Crippen LogP contribution in [0.4, 0.5) is 0 Å². The van der Waals surface area contributed by atoms with Gasteiger partial charge in [0.2, 0.25) is 10.0 Å². The first-order chi connectivity index (χ1) is 15.4. The van der Waals surface area contributed by atoms with Crippen molar-refractivity contribution in [3.63, 3.8) is 0 Å². The SMILES string of the molecule is COc1ccccc1C(=O)NC(=O)COC(=O)[C@H](C)NS(=O)(=O)c1c(C)c(C)cc(C)c1C. The van der Waals surface area contributed by atoms with Gasteiger partial charge in [-0.3, -0.25) is 19.7 Å². The van der Waals surface area contributed by atoms with Gasteiger partial charge in [-0.2, -0.15) is 4.72 Å². The Kier molecular flexibility index (Phi) is 8.34. The average molecular weight is 477 g/mol. The molecule has 0 aliphatic carbocycles. The van der Waals surface area contributed by atoms with Crippen molar-refractivity contribution < 1.29 is 32.3 Å². The molecule has 33 heavy (non-hydrogen) atoms. The van der Waals surface area contributed by atoms with Crippen molar-refractivity contribution in [2.45, 2.75) is 45.6 Å². The minimum absolute atomic E-state index is 0.111. The second-order valence-electron chi connectivity index (χ2n) is 7.62. The molecule has 1 atom stereocenters. The van der Waals surface area contributed by atoms with E-state index in [0.29, 0.717) is 11.1 Å². The molecule has 0 aliphatic rings. The molecule has 0 spiro atoms. The Morgan fingerprint density at radius 1 is 1.00 bits per heavy atom. The zero-order valence-electron chi connectivity index (χ0n) is 19.4. The van der Waals surface area contributed by atoms with E-state index >= 15 is 0 Å². The van der Waals surface area contributed by atoms with E-state index in [-0.39, 0.29) is 16.2 Å². The summed E-state index contributed by atoms with van der Waals surface area (Å²) in [5, 5.41) is 2.09. The topological polar surface area (TPSA) is 128 Å². The van der Waals surface area contributed by atoms with Gasteiger partial charge < -0.3 is 9.47 Å². The van der Waals surface area contributed by atoms with Gasteiger partial charge in [0.05, 0.1) is 17.6 Å². The molecular weight excluding hydrogens is 448 g/mol. The van der Waals surface area contributed by atoms with Crippen molar-refractivity contribution in [1.29, 1.82) is 0 Å². The van der Waals surface area contributed by atoms with Crippen LogP contribution in [0.3, 0.4) is 0 Å². The first kappa shape index (κ1) is 26.0. The van der Waals surface area contributed by atoms with Crippen molar-refractivity contribution in [2.75, 3.05) is 13.7 Å². The van der Waals surface area contributed by atoms with Gasteiger partial charge in [0, 0.05) is 0 Å². The van der Waals surface area contributed by atoms with Gasteiger partial charge in [-0.15, -0.1) is 0 Å². The zero-order valence-corrected chi connectivity index (χ0v) is 20.3. The molecule has 0 saturated carbocycles. The van der Waals surface area contributed by atoms with Crippen LogP contribution in [0.5, 0.6) is 5.75 Å². The average Bonchev–Trinajstić information content (AvgIpc) is 2.75. The minimum Gasteiger partial charge on any atom is -0.496 e. The summed E-state index contributed by atoms with van der Waals surface area (Å²) in [6.45, 7) is 7.57. The van der Waals surface area contributed by atoms with E-state index in [1.54, 1.807) is 32.0 Å². The highest BCUT2D eigenvalue weighted by Crippen LogP contribution is 2.26. The number of aryl methyl sites for hydroxylation is 2. The molecule has 0 heterocycles. The number of para-hydroxylation sites is 1. The first-order valence-electron chi connectivity index (χ1n) is 10.1. The Bertz CT molecular complexity index is 1160. The van der Waals surface area contributed by atoms with Crippen LogP contribution in [-0.4, -0.2) is 46.0 Å². The van der Waals surface area contributed by atoms with E-state index < -0.39 is 40.5 Å². The van der Waals surface area contributed by atoms with Crippen LogP contribution in [0.1, 0.15) is 39.5 Å². The van der Waals surface area contributed by atoms with Crippen molar-refractivity contribution in [1.82, 2.24) is 10.0 Å². The van der Waals surface area contributed by atoms with Gasteiger partial charge in [-0.05, 0) is 69.0 Å². The van der Waals surface area contributed by atoms with Crippen LogP contribution in [0.25, 0.3) is 0 Å². The Labute approximate surface area is 193 Å². The minimum atomic E-state index is -4.03. The summed E-state index contributed by atoms with van der Waals surface area (Å²) in [4.78, 5) is 36.7. The van der Waals surface area contributed by atoms with Crippen molar-refractivity contribution >= 4 is 27.8 Å². The third-order valence-electron chi connectivity index (χ3n) is 5.20. The molecular formula is C23H28N2O7S. The molecule has 2 aromatic carbocycles. The number of imide groups is 1. The lowest BCUT2D eigenvalue weighted by Gasteiger charge is -2.18. The number of rotatable bonds is 8. The molecule has 0 bridgehead atoms. The molecule has 2 N–H and O–H groups in total. The van der Waals surface area contributed by atoms with E-state index in [1.165, 1.54) is 20.1 Å². The number of nitrogens with one attached hydrogen (secondary N) is 2. The van der Waals surface area contributed by atoms with Crippen LogP contribution in [0.15, 0.2) is 35.2 Å². The summed E-state index contributed by atoms with van der Waals surface area (Å²) in [7, 11) is -2.64. The van der Waals surface area contributed by atoms with Crippen LogP contribution in [0.2, 0.25) is 0 Å². The zero-order chi connectivity index (χ0) is 24.9. The van der Waals surface area contributed by atoms with Crippen LogP contribution in [0, 0.1) is 27.7 Å². The second kappa shape index (κ2) is 10.6. The lowest BCUT2D eigenvalue weighted by atomic mass is 10.0. The van der Waals surface area contributed by atoms with E-state index in [0.717, 1.165) is 11.1 Å². The maximum atomic E-state index is 12.9. The molecule has 0 saturated heterocycles. The number of methoxy groups -OCH3 is 1. The second-order valence-corrected chi connectivity index (χ2v) is 9.27. The maximum Gasteiger partial charge on any atom is 0.324 e. The number of esters is 1. The maximum absolute atomic E-state index is 12.9. The Morgan fingerprint density at radius 2 is 1.58 bits per heavy atom.